The Labute approximate surface area is 133 Å². The lowest BCUT2D eigenvalue weighted by Crippen LogP contribution is -2.29. The second-order valence-corrected chi connectivity index (χ2v) is 6.97. The Kier molecular flexibility index (Phi) is 10.2. The molecular weight excluding hydrogens is 254 g/mol. The maximum Gasteiger partial charge on any atom is 0.0359 e. The first-order valence-electron chi connectivity index (χ1n) is 8.50. The molecule has 0 aliphatic heterocycles. The van der Waals surface area contributed by atoms with Crippen molar-refractivity contribution in [2.75, 3.05) is 13.1 Å². The van der Waals surface area contributed by atoms with Crippen LogP contribution in [0.25, 0.3) is 0 Å². The van der Waals surface area contributed by atoms with Crippen LogP contribution in [0.3, 0.4) is 0 Å². The van der Waals surface area contributed by atoms with Crippen molar-refractivity contribution in [1.82, 2.24) is 4.90 Å². The van der Waals surface area contributed by atoms with Crippen LogP contribution in [0.5, 0.6) is 0 Å². The smallest absolute Gasteiger partial charge is 0.0359 e. The summed E-state index contributed by atoms with van der Waals surface area (Å²) >= 11 is 0. The monoisotopic (exact) mass is 291 g/mol. The number of hydrogen-bond acceptors (Lipinski definition) is 1. The number of allylic oxidation sites excluding steroid dienone is 4. The van der Waals surface area contributed by atoms with Crippen molar-refractivity contribution < 1.29 is 0 Å². The van der Waals surface area contributed by atoms with Crippen molar-refractivity contribution in [3.8, 4) is 0 Å². The van der Waals surface area contributed by atoms with Crippen LogP contribution in [0, 0.1) is 11.8 Å². The average Bonchev–Trinajstić information content (AvgIpc) is 2.40. The maximum atomic E-state index is 4.33. The fourth-order valence-corrected chi connectivity index (χ4v) is 2.25. The molecule has 1 atom stereocenters. The Morgan fingerprint density at radius 1 is 1.10 bits per heavy atom. The standard InChI is InChI=1S/C20H37N/c1-9-19(7)20(8)21(15-17(4)5)14-13-18(6)12-10-11-16(2)3/h11,13,17,19H,8-10,12,14-15H2,1-7H3/b18-13-. The van der Waals surface area contributed by atoms with E-state index in [-0.39, 0.29) is 0 Å². The van der Waals surface area contributed by atoms with Gasteiger partial charge in [-0.25, -0.2) is 0 Å². The van der Waals surface area contributed by atoms with Gasteiger partial charge in [0, 0.05) is 18.8 Å². The molecule has 0 aliphatic carbocycles. The fraction of sp³-hybridized carbons (Fsp3) is 0.700. The van der Waals surface area contributed by atoms with E-state index in [2.05, 4.69) is 72.1 Å². The summed E-state index contributed by atoms with van der Waals surface area (Å²) in [6, 6.07) is 0. The van der Waals surface area contributed by atoms with Crippen molar-refractivity contribution in [2.45, 2.75) is 67.7 Å². The summed E-state index contributed by atoms with van der Waals surface area (Å²) in [5, 5.41) is 0. The second kappa shape index (κ2) is 10.7. The molecule has 0 radical (unpaired) electrons. The predicted molar refractivity (Wildman–Crippen MR) is 97.4 cm³/mol. The fourth-order valence-electron chi connectivity index (χ4n) is 2.25. The zero-order chi connectivity index (χ0) is 16.4. The van der Waals surface area contributed by atoms with E-state index in [1.165, 1.54) is 16.8 Å². The topological polar surface area (TPSA) is 3.24 Å². The van der Waals surface area contributed by atoms with Gasteiger partial charge in [-0.2, -0.15) is 0 Å². The molecule has 122 valence electrons. The van der Waals surface area contributed by atoms with Gasteiger partial charge in [-0.1, -0.05) is 57.6 Å². The van der Waals surface area contributed by atoms with E-state index in [4.69, 9.17) is 0 Å². The summed E-state index contributed by atoms with van der Waals surface area (Å²) in [5.41, 5.74) is 4.19. The summed E-state index contributed by atoms with van der Waals surface area (Å²) in [5.74, 6) is 1.24. The van der Waals surface area contributed by atoms with Crippen molar-refractivity contribution in [3.05, 3.63) is 35.6 Å². The Balaban J connectivity index is 4.59. The third-order valence-electron chi connectivity index (χ3n) is 3.92. The number of nitrogens with zero attached hydrogens (tertiary/aromatic N) is 1. The highest BCUT2D eigenvalue weighted by molar-refractivity contribution is 5.07. The lowest BCUT2D eigenvalue weighted by Gasteiger charge is -2.31. The van der Waals surface area contributed by atoms with Gasteiger partial charge in [0.25, 0.3) is 0 Å². The van der Waals surface area contributed by atoms with E-state index in [1.54, 1.807) is 0 Å². The summed E-state index contributed by atoms with van der Waals surface area (Å²) in [7, 11) is 0. The highest BCUT2D eigenvalue weighted by atomic mass is 15.1. The van der Waals surface area contributed by atoms with Crippen LogP contribution in [0.15, 0.2) is 35.6 Å². The largest absolute Gasteiger partial charge is 0.371 e. The average molecular weight is 292 g/mol. The first-order valence-corrected chi connectivity index (χ1v) is 8.50. The van der Waals surface area contributed by atoms with Crippen LogP contribution in [-0.4, -0.2) is 18.0 Å². The van der Waals surface area contributed by atoms with E-state index >= 15 is 0 Å². The Morgan fingerprint density at radius 2 is 1.71 bits per heavy atom. The van der Waals surface area contributed by atoms with Gasteiger partial charge in [-0.3, -0.25) is 0 Å². The minimum Gasteiger partial charge on any atom is -0.371 e. The van der Waals surface area contributed by atoms with Crippen LogP contribution in [0.2, 0.25) is 0 Å². The Morgan fingerprint density at radius 3 is 2.19 bits per heavy atom. The van der Waals surface area contributed by atoms with Crippen LogP contribution in [-0.2, 0) is 0 Å². The highest BCUT2D eigenvalue weighted by Crippen LogP contribution is 2.19. The molecule has 0 bridgehead atoms. The van der Waals surface area contributed by atoms with Crippen LogP contribution in [0.4, 0.5) is 0 Å². The van der Waals surface area contributed by atoms with Gasteiger partial charge in [-0.15, -0.1) is 0 Å². The summed E-state index contributed by atoms with van der Waals surface area (Å²) in [6.07, 6.45) is 8.18. The molecule has 0 aromatic heterocycles. The zero-order valence-electron chi connectivity index (χ0n) is 15.5. The van der Waals surface area contributed by atoms with Gasteiger partial charge in [0.05, 0.1) is 0 Å². The molecule has 0 aromatic carbocycles. The Bertz CT molecular complexity index is 356. The molecule has 0 spiro atoms. The molecule has 0 saturated carbocycles. The summed E-state index contributed by atoms with van der Waals surface area (Å²) < 4.78 is 0. The van der Waals surface area contributed by atoms with Gasteiger partial charge < -0.3 is 4.90 Å². The lowest BCUT2D eigenvalue weighted by molar-refractivity contribution is 0.298. The molecule has 0 amide bonds. The first kappa shape index (κ1) is 20.0. The molecule has 1 nitrogen and oxygen atoms in total. The minimum atomic E-state index is 0.572. The van der Waals surface area contributed by atoms with Crippen molar-refractivity contribution in [1.29, 1.82) is 0 Å². The second-order valence-electron chi connectivity index (χ2n) is 6.97. The van der Waals surface area contributed by atoms with E-state index in [1.807, 2.05) is 0 Å². The molecule has 0 aromatic rings. The summed E-state index contributed by atoms with van der Waals surface area (Å²) in [6.45, 7) is 22.1. The summed E-state index contributed by atoms with van der Waals surface area (Å²) in [4.78, 5) is 2.46. The normalized spacial score (nSPS) is 13.2. The van der Waals surface area contributed by atoms with Gasteiger partial charge in [0.15, 0.2) is 0 Å². The zero-order valence-corrected chi connectivity index (χ0v) is 15.5. The van der Waals surface area contributed by atoms with Crippen LogP contribution < -0.4 is 0 Å². The molecular formula is C20H37N. The molecule has 0 N–H and O–H groups in total. The molecule has 1 heteroatoms. The molecule has 21 heavy (non-hydrogen) atoms. The van der Waals surface area contributed by atoms with Crippen LogP contribution in [0.1, 0.15) is 67.7 Å². The van der Waals surface area contributed by atoms with E-state index in [0.29, 0.717) is 11.8 Å². The third kappa shape index (κ3) is 9.55. The maximum absolute atomic E-state index is 4.33. The first-order chi connectivity index (χ1) is 9.77. The minimum absolute atomic E-state index is 0.572. The van der Waals surface area contributed by atoms with Gasteiger partial charge in [0.2, 0.25) is 0 Å². The van der Waals surface area contributed by atoms with Crippen molar-refractivity contribution in [2.24, 2.45) is 11.8 Å². The molecule has 0 rings (SSSR count). The van der Waals surface area contributed by atoms with E-state index < -0.39 is 0 Å². The third-order valence-corrected chi connectivity index (χ3v) is 3.92. The quantitative estimate of drug-likeness (QED) is 0.433. The molecule has 1 unspecified atom stereocenters. The number of hydrogen-bond donors (Lipinski definition) is 0. The van der Waals surface area contributed by atoms with Gasteiger partial charge >= 0.3 is 0 Å². The van der Waals surface area contributed by atoms with E-state index in [9.17, 15) is 0 Å². The molecule has 0 heterocycles. The van der Waals surface area contributed by atoms with Crippen LogP contribution >= 0.6 is 0 Å². The van der Waals surface area contributed by atoms with Gasteiger partial charge in [0.1, 0.15) is 0 Å². The predicted octanol–water partition coefficient (Wildman–Crippen LogP) is 6.20. The number of rotatable bonds is 10. The highest BCUT2D eigenvalue weighted by Gasteiger charge is 2.13. The molecule has 0 fully saturated rings. The lowest BCUT2D eigenvalue weighted by atomic mass is 10.0. The molecule has 0 aliphatic rings. The SMILES string of the molecule is C=C(C(C)CC)N(C/C=C(/C)CCC=C(C)C)CC(C)C. The van der Waals surface area contributed by atoms with Crippen molar-refractivity contribution in [3.63, 3.8) is 0 Å². The Hall–Kier alpha value is -0.980. The van der Waals surface area contributed by atoms with E-state index in [0.717, 1.165) is 32.4 Å². The molecule has 0 saturated heterocycles. The van der Waals surface area contributed by atoms with Gasteiger partial charge in [-0.05, 0) is 51.9 Å². The van der Waals surface area contributed by atoms with Crippen molar-refractivity contribution >= 4 is 0 Å².